The Morgan fingerprint density at radius 1 is 1.10 bits per heavy atom. The largest absolute Gasteiger partial charge is 0.462 e. The highest BCUT2D eigenvalue weighted by Gasteiger charge is 2.18. The molecule has 110 valence electrons. The van der Waals surface area contributed by atoms with Gasteiger partial charge in [-0.1, -0.05) is 67.0 Å². The molecule has 0 bridgehead atoms. The van der Waals surface area contributed by atoms with Gasteiger partial charge in [-0.05, 0) is 34.7 Å². The Bertz CT molecular complexity index is 627. The highest BCUT2D eigenvalue weighted by Crippen LogP contribution is 2.28. The van der Waals surface area contributed by atoms with Gasteiger partial charge >= 0.3 is 5.97 Å². The Hall–Kier alpha value is -1.61. The fraction of sp³-hybridized carbons (Fsp3) is 0.278. The predicted molar refractivity (Wildman–Crippen MR) is 89.3 cm³/mol. The van der Waals surface area contributed by atoms with Crippen molar-refractivity contribution in [2.75, 3.05) is 6.61 Å². The molecule has 0 N–H and O–H groups in total. The standard InChI is InChI=1S/C18H19BrO2/c1-18(2,3)12-21-17(20)15-10-9-14(19)11-16(15)13-7-5-4-6-8-13/h4-11H,12H2,1-3H3. The molecule has 0 aromatic heterocycles. The van der Waals surface area contributed by atoms with Crippen molar-refractivity contribution in [3.63, 3.8) is 0 Å². The van der Waals surface area contributed by atoms with E-state index in [9.17, 15) is 4.79 Å². The van der Waals surface area contributed by atoms with E-state index in [4.69, 9.17) is 4.74 Å². The summed E-state index contributed by atoms with van der Waals surface area (Å²) in [5.74, 6) is -0.281. The van der Waals surface area contributed by atoms with E-state index in [-0.39, 0.29) is 11.4 Å². The highest BCUT2D eigenvalue weighted by atomic mass is 79.9. The summed E-state index contributed by atoms with van der Waals surface area (Å²) >= 11 is 3.46. The van der Waals surface area contributed by atoms with Gasteiger partial charge in [0, 0.05) is 4.47 Å². The summed E-state index contributed by atoms with van der Waals surface area (Å²) in [6.45, 7) is 6.52. The van der Waals surface area contributed by atoms with Crippen LogP contribution in [0.25, 0.3) is 11.1 Å². The number of rotatable bonds is 3. The Kier molecular flexibility index (Phi) is 4.84. The second kappa shape index (κ2) is 6.44. The molecular weight excluding hydrogens is 328 g/mol. The molecule has 0 atom stereocenters. The van der Waals surface area contributed by atoms with Crippen molar-refractivity contribution in [2.24, 2.45) is 5.41 Å². The molecule has 2 aromatic rings. The fourth-order valence-electron chi connectivity index (χ4n) is 1.91. The molecule has 0 aliphatic heterocycles. The normalized spacial score (nSPS) is 11.2. The molecule has 0 aliphatic carbocycles. The van der Waals surface area contributed by atoms with Crippen LogP contribution in [0.15, 0.2) is 53.0 Å². The van der Waals surface area contributed by atoms with Crippen LogP contribution >= 0.6 is 15.9 Å². The fourth-order valence-corrected chi connectivity index (χ4v) is 2.27. The second-order valence-corrected chi connectivity index (χ2v) is 7.11. The summed E-state index contributed by atoms with van der Waals surface area (Å²) in [6, 6.07) is 15.5. The third-order valence-electron chi connectivity index (χ3n) is 2.92. The van der Waals surface area contributed by atoms with E-state index < -0.39 is 0 Å². The Balaban J connectivity index is 2.34. The maximum Gasteiger partial charge on any atom is 0.338 e. The first-order valence-corrected chi connectivity index (χ1v) is 7.68. The number of hydrogen-bond donors (Lipinski definition) is 0. The van der Waals surface area contributed by atoms with Crippen LogP contribution in [0, 0.1) is 5.41 Å². The van der Waals surface area contributed by atoms with Crippen LogP contribution in [0.5, 0.6) is 0 Å². The van der Waals surface area contributed by atoms with E-state index in [0.717, 1.165) is 15.6 Å². The van der Waals surface area contributed by atoms with Gasteiger partial charge in [-0.3, -0.25) is 0 Å². The summed E-state index contributed by atoms with van der Waals surface area (Å²) in [6.07, 6.45) is 0. The van der Waals surface area contributed by atoms with Crippen LogP contribution in [-0.2, 0) is 4.74 Å². The summed E-state index contributed by atoms with van der Waals surface area (Å²) in [5.41, 5.74) is 2.43. The molecule has 0 saturated carbocycles. The molecule has 0 unspecified atom stereocenters. The van der Waals surface area contributed by atoms with Crippen molar-refractivity contribution < 1.29 is 9.53 Å². The Morgan fingerprint density at radius 3 is 2.38 bits per heavy atom. The smallest absolute Gasteiger partial charge is 0.338 e. The number of benzene rings is 2. The summed E-state index contributed by atoms with van der Waals surface area (Å²) in [5, 5.41) is 0. The van der Waals surface area contributed by atoms with E-state index in [1.165, 1.54) is 0 Å². The molecule has 0 spiro atoms. The minimum atomic E-state index is -0.281. The van der Waals surface area contributed by atoms with Crippen LogP contribution in [0.1, 0.15) is 31.1 Å². The molecule has 0 amide bonds. The number of halogens is 1. The molecule has 2 rings (SSSR count). The van der Waals surface area contributed by atoms with Gasteiger partial charge in [0.2, 0.25) is 0 Å². The predicted octanol–water partition coefficient (Wildman–Crippen LogP) is 5.32. The van der Waals surface area contributed by atoms with Crippen LogP contribution in [0.4, 0.5) is 0 Å². The SMILES string of the molecule is CC(C)(C)COC(=O)c1ccc(Br)cc1-c1ccccc1. The molecule has 2 nitrogen and oxygen atoms in total. The van der Waals surface area contributed by atoms with E-state index in [0.29, 0.717) is 12.2 Å². The zero-order valence-corrected chi connectivity index (χ0v) is 14.1. The van der Waals surface area contributed by atoms with Crippen molar-refractivity contribution in [1.29, 1.82) is 0 Å². The molecule has 3 heteroatoms. The molecule has 0 saturated heterocycles. The lowest BCUT2D eigenvalue weighted by Crippen LogP contribution is -2.18. The van der Waals surface area contributed by atoms with Crippen molar-refractivity contribution in [3.8, 4) is 11.1 Å². The van der Waals surface area contributed by atoms with Crippen molar-refractivity contribution >= 4 is 21.9 Å². The Labute approximate surface area is 134 Å². The van der Waals surface area contributed by atoms with Crippen LogP contribution in [-0.4, -0.2) is 12.6 Å². The third kappa shape index (κ3) is 4.43. The Morgan fingerprint density at radius 2 is 1.76 bits per heavy atom. The lowest BCUT2D eigenvalue weighted by Gasteiger charge is -2.18. The topological polar surface area (TPSA) is 26.3 Å². The summed E-state index contributed by atoms with van der Waals surface area (Å²) in [4.78, 5) is 12.4. The average molecular weight is 347 g/mol. The van der Waals surface area contributed by atoms with Crippen LogP contribution < -0.4 is 0 Å². The van der Waals surface area contributed by atoms with Gasteiger partial charge in [0.15, 0.2) is 0 Å². The minimum absolute atomic E-state index is 0.0437. The van der Waals surface area contributed by atoms with Crippen molar-refractivity contribution in [2.45, 2.75) is 20.8 Å². The van der Waals surface area contributed by atoms with E-state index in [1.54, 1.807) is 6.07 Å². The zero-order valence-electron chi connectivity index (χ0n) is 12.5. The van der Waals surface area contributed by atoms with Gasteiger partial charge in [0.25, 0.3) is 0 Å². The first-order valence-electron chi connectivity index (χ1n) is 6.89. The summed E-state index contributed by atoms with van der Waals surface area (Å²) in [7, 11) is 0. The van der Waals surface area contributed by atoms with E-state index >= 15 is 0 Å². The quantitative estimate of drug-likeness (QED) is 0.703. The number of carbonyl (C=O) groups excluding carboxylic acids is 1. The molecule has 21 heavy (non-hydrogen) atoms. The van der Waals surface area contributed by atoms with Gasteiger partial charge in [0.1, 0.15) is 0 Å². The number of hydrogen-bond acceptors (Lipinski definition) is 2. The lowest BCUT2D eigenvalue weighted by atomic mass is 9.98. The van der Waals surface area contributed by atoms with Crippen molar-refractivity contribution in [1.82, 2.24) is 0 Å². The molecule has 2 aromatic carbocycles. The number of ether oxygens (including phenoxy) is 1. The number of esters is 1. The van der Waals surface area contributed by atoms with Gasteiger partial charge < -0.3 is 4.74 Å². The monoisotopic (exact) mass is 346 g/mol. The van der Waals surface area contributed by atoms with Crippen LogP contribution in [0.2, 0.25) is 0 Å². The molecule has 0 heterocycles. The average Bonchev–Trinajstić information content (AvgIpc) is 2.45. The van der Waals surface area contributed by atoms with Crippen molar-refractivity contribution in [3.05, 3.63) is 58.6 Å². The number of carbonyl (C=O) groups is 1. The third-order valence-corrected chi connectivity index (χ3v) is 3.42. The van der Waals surface area contributed by atoms with Gasteiger partial charge in [-0.15, -0.1) is 0 Å². The highest BCUT2D eigenvalue weighted by molar-refractivity contribution is 9.10. The summed E-state index contributed by atoms with van der Waals surface area (Å²) < 4.78 is 6.38. The molecule has 0 radical (unpaired) electrons. The first kappa shape index (κ1) is 15.8. The van der Waals surface area contributed by atoms with Crippen LogP contribution in [0.3, 0.4) is 0 Å². The molecule has 0 aliphatic rings. The lowest BCUT2D eigenvalue weighted by molar-refractivity contribution is 0.0368. The molecular formula is C18H19BrO2. The first-order chi connectivity index (χ1) is 9.87. The van der Waals surface area contributed by atoms with Gasteiger partial charge in [-0.2, -0.15) is 0 Å². The van der Waals surface area contributed by atoms with E-state index in [2.05, 4.69) is 15.9 Å². The minimum Gasteiger partial charge on any atom is -0.462 e. The molecule has 0 fully saturated rings. The maximum absolute atomic E-state index is 12.4. The zero-order chi connectivity index (χ0) is 15.5. The van der Waals surface area contributed by atoms with E-state index in [1.807, 2.05) is 63.2 Å². The second-order valence-electron chi connectivity index (χ2n) is 6.19. The van der Waals surface area contributed by atoms with Gasteiger partial charge in [0.05, 0.1) is 12.2 Å². The van der Waals surface area contributed by atoms with Gasteiger partial charge in [-0.25, -0.2) is 4.79 Å². The maximum atomic E-state index is 12.4.